The van der Waals surface area contributed by atoms with Gasteiger partial charge in [0.1, 0.15) is 5.82 Å². The minimum atomic E-state index is -0.322. The van der Waals surface area contributed by atoms with E-state index in [0.717, 1.165) is 30.4 Å². The van der Waals surface area contributed by atoms with Crippen molar-refractivity contribution in [2.24, 2.45) is 5.41 Å². The quantitative estimate of drug-likeness (QED) is 0.723. The summed E-state index contributed by atoms with van der Waals surface area (Å²) in [5.74, 6) is 0.106. The first-order chi connectivity index (χ1) is 11.5. The van der Waals surface area contributed by atoms with Crippen LogP contribution in [0.3, 0.4) is 0 Å². The Morgan fingerprint density at radius 1 is 1.17 bits per heavy atom. The van der Waals surface area contributed by atoms with Gasteiger partial charge in [-0.2, -0.15) is 0 Å². The molecule has 24 heavy (non-hydrogen) atoms. The minimum absolute atomic E-state index is 0.106. The molecule has 0 bridgehead atoms. The Balaban J connectivity index is 2.22. The number of ether oxygens (including phenoxy) is 1. The van der Waals surface area contributed by atoms with Gasteiger partial charge in [0.2, 0.25) is 5.88 Å². The highest BCUT2D eigenvalue weighted by Gasteiger charge is 2.30. The number of benzene rings is 1. The first kappa shape index (κ1) is 16.7. The number of hydrogen-bond acceptors (Lipinski definition) is 2. The predicted octanol–water partition coefficient (Wildman–Crippen LogP) is 5.66. The highest BCUT2D eigenvalue weighted by molar-refractivity contribution is 5.85. The summed E-state index contributed by atoms with van der Waals surface area (Å²) >= 11 is 0. The summed E-state index contributed by atoms with van der Waals surface area (Å²) in [6.07, 6.45) is 6.69. The second-order valence-corrected chi connectivity index (χ2v) is 6.98. The van der Waals surface area contributed by atoms with Crippen LogP contribution in [0.15, 0.2) is 36.5 Å². The van der Waals surface area contributed by atoms with Crippen molar-refractivity contribution in [3.05, 3.63) is 53.5 Å². The van der Waals surface area contributed by atoms with Gasteiger partial charge in [-0.3, -0.25) is 0 Å². The molecule has 2 nitrogen and oxygen atoms in total. The number of pyridine rings is 1. The van der Waals surface area contributed by atoms with Gasteiger partial charge in [-0.1, -0.05) is 45.0 Å². The van der Waals surface area contributed by atoms with Crippen molar-refractivity contribution in [2.45, 2.75) is 40.0 Å². The van der Waals surface area contributed by atoms with Crippen LogP contribution in [0.4, 0.5) is 4.39 Å². The molecule has 0 radical (unpaired) electrons. The molecule has 0 fully saturated rings. The van der Waals surface area contributed by atoms with Gasteiger partial charge in [-0.05, 0) is 46.9 Å². The van der Waals surface area contributed by atoms with E-state index in [9.17, 15) is 4.39 Å². The number of rotatable bonds is 4. The number of aryl methyl sites for hydroxylation is 1. The molecule has 0 saturated heterocycles. The van der Waals surface area contributed by atoms with E-state index < -0.39 is 0 Å². The fourth-order valence-corrected chi connectivity index (χ4v) is 3.47. The number of aromatic nitrogens is 1. The van der Waals surface area contributed by atoms with Crippen LogP contribution in [0.5, 0.6) is 5.88 Å². The third-order valence-corrected chi connectivity index (χ3v) is 4.96. The van der Waals surface area contributed by atoms with Crippen LogP contribution in [0.1, 0.15) is 44.7 Å². The molecule has 1 aliphatic rings. The molecule has 126 valence electrons. The molecule has 0 unspecified atom stereocenters. The van der Waals surface area contributed by atoms with Crippen molar-refractivity contribution in [3.63, 3.8) is 0 Å². The molecule has 0 spiro atoms. The van der Waals surface area contributed by atoms with Crippen molar-refractivity contribution < 1.29 is 9.13 Å². The van der Waals surface area contributed by atoms with Crippen LogP contribution >= 0.6 is 0 Å². The van der Waals surface area contributed by atoms with E-state index in [1.54, 1.807) is 13.2 Å². The van der Waals surface area contributed by atoms with Crippen LogP contribution < -0.4 is 4.74 Å². The zero-order valence-electron chi connectivity index (χ0n) is 14.8. The van der Waals surface area contributed by atoms with Crippen LogP contribution in [-0.2, 0) is 6.42 Å². The van der Waals surface area contributed by atoms with Crippen molar-refractivity contribution in [2.75, 3.05) is 7.11 Å². The molecule has 1 aliphatic carbocycles. The van der Waals surface area contributed by atoms with Crippen LogP contribution in [0, 0.1) is 11.2 Å². The van der Waals surface area contributed by atoms with Crippen molar-refractivity contribution >= 4 is 5.57 Å². The Hall–Kier alpha value is -2.16. The molecule has 0 amide bonds. The minimum Gasteiger partial charge on any atom is -0.481 e. The molecular formula is C21H24FNO. The highest BCUT2D eigenvalue weighted by Crippen LogP contribution is 2.47. The fraction of sp³-hybridized carbons (Fsp3) is 0.381. The van der Waals surface area contributed by atoms with E-state index >= 15 is 0 Å². The molecule has 0 aliphatic heterocycles. The predicted molar refractivity (Wildman–Crippen MR) is 96.6 cm³/mol. The lowest BCUT2D eigenvalue weighted by molar-refractivity contribution is 0.396. The van der Waals surface area contributed by atoms with Gasteiger partial charge in [0.05, 0.1) is 13.3 Å². The highest BCUT2D eigenvalue weighted by atomic mass is 19.1. The Morgan fingerprint density at radius 3 is 2.58 bits per heavy atom. The smallest absolute Gasteiger partial charge is 0.213 e. The number of halogens is 1. The lowest BCUT2D eigenvalue weighted by atomic mass is 9.79. The van der Waals surface area contributed by atoms with Crippen molar-refractivity contribution in [3.8, 4) is 17.0 Å². The molecule has 3 heteroatoms. The van der Waals surface area contributed by atoms with E-state index in [4.69, 9.17) is 4.74 Å². The fourth-order valence-electron chi connectivity index (χ4n) is 3.47. The summed E-state index contributed by atoms with van der Waals surface area (Å²) in [6.45, 7) is 6.67. The van der Waals surface area contributed by atoms with Crippen LogP contribution in [0.2, 0.25) is 0 Å². The molecule has 1 aromatic heterocycles. The Bertz CT molecular complexity index is 792. The van der Waals surface area contributed by atoms with E-state index in [0.29, 0.717) is 11.4 Å². The molecule has 1 aromatic carbocycles. The normalized spacial score (nSPS) is 16.1. The second kappa shape index (κ2) is 6.39. The topological polar surface area (TPSA) is 22.1 Å². The molecule has 1 heterocycles. The monoisotopic (exact) mass is 325 g/mol. The average molecular weight is 325 g/mol. The SMILES string of the molecule is CCc1ccc(-c2cc(OC)ncc2F)c(C2=CCCC2(C)C)c1. The largest absolute Gasteiger partial charge is 0.481 e. The second-order valence-electron chi connectivity index (χ2n) is 6.98. The van der Waals surface area contributed by atoms with Gasteiger partial charge in [0, 0.05) is 11.6 Å². The van der Waals surface area contributed by atoms with E-state index in [2.05, 4.69) is 44.0 Å². The van der Waals surface area contributed by atoms with Gasteiger partial charge in [0.15, 0.2) is 0 Å². The van der Waals surface area contributed by atoms with Crippen LogP contribution in [0.25, 0.3) is 16.7 Å². The molecule has 2 aromatic rings. The van der Waals surface area contributed by atoms with E-state index in [1.165, 1.54) is 17.3 Å². The van der Waals surface area contributed by atoms with E-state index in [-0.39, 0.29) is 11.2 Å². The summed E-state index contributed by atoms with van der Waals surface area (Å²) in [7, 11) is 1.55. The third kappa shape index (κ3) is 2.95. The summed E-state index contributed by atoms with van der Waals surface area (Å²) in [5, 5.41) is 0. The number of methoxy groups -OCH3 is 1. The maximum absolute atomic E-state index is 14.5. The molecule has 0 N–H and O–H groups in total. The van der Waals surface area contributed by atoms with Crippen LogP contribution in [-0.4, -0.2) is 12.1 Å². The van der Waals surface area contributed by atoms with Gasteiger partial charge in [0.25, 0.3) is 0 Å². The molecular weight excluding hydrogens is 301 g/mol. The Kier molecular flexibility index (Phi) is 4.44. The lowest BCUT2D eigenvalue weighted by Gasteiger charge is -2.25. The standard InChI is InChI=1S/C21H24FNO/c1-5-14-8-9-15(17-12-20(24-4)23-13-19(17)22)16(11-14)18-7-6-10-21(18,2)3/h7-9,11-13H,5-6,10H2,1-4H3. The zero-order chi connectivity index (χ0) is 17.3. The summed E-state index contributed by atoms with van der Waals surface area (Å²) in [5.41, 5.74) is 5.26. The molecule has 3 rings (SSSR count). The summed E-state index contributed by atoms with van der Waals surface area (Å²) < 4.78 is 19.7. The average Bonchev–Trinajstić information content (AvgIpc) is 2.94. The Morgan fingerprint density at radius 2 is 1.96 bits per heavy atom. The third-order valence-electron chi connectivity index (χ3n) is 4.96. The number of nitrogens with zero attached hydrogens (tertiary/aromatic N) is 1. The Labute approximate surface area is 143 Å². The maximum atomic E-state index is 14.5. The van der Waals surface area contributed by atoms with Gasteiger partial charge >= 0.3 is 0 Å². The first-order valence-electron chi connectivity index (χ1n) is 8.50. The molecule has 0 saturated carbocycles. The van der Waals surface area contributed by atoms with E-state index in [1.807, 2.05) is 6.07 Å². The number of allylic oxidation sites excluding steroid dienone is 2. The number of hydrogen-bond donors (Lipinski definition) is 0. The van der Waals surface area contributed by atoms with Gasteiger partial charge in [-0.15, -0.1) is 0 Å². The van der Waals surface area contributed by atoms with Crippen molar-refractivity contribution in [1.82, 2.24) is 4.98 Å². The lowest BCUT2D eigenvalue weighted by Crippen LogP contribution is -2.10. The first-order valence-corrected chi connectivity index (χ1v) is 8.50. The molecule has 0 atom stereocenters. The summed E-state index contributed by atoms with van der Waals surface area (Å²) in [4.78, 5) is 3.96. The van der Waals surface area contributed by atoms with Gasteiger partial charge < -0.3 is 4.74 Å². The van der Waals surface area contributed by atoms with Gasteiger partial charge in [-0.25, -0.2) is 9.37 Å². The zero-order valence-corrected chi connectivity index (χ0v) is 14.8. The maximum Gasteiger partial charge on any atom is 0.213 e. The van der Waals surface area contributed by atoms with Crippen molar-refractivity contribution in [1.29, 1.82) is 0 Å². The summed E-state index contributed by atoms with van der Waals surface area (Å²) in [6, 6.07) is 8.00.